The van der Waals surface area contributed by atoms with E-state index in [-0.39, 0.29) is 29.9 Å². The average Bonchev–Trinajstić information content (AvgIpc) is 3.38. The molecule has 0 aliphatic carbocycles. The zero-order valence-electron chi connectivity index (χ0n) is 20.7. The standard InChI is InChI=1S/C29H30N2O5/c1-29(2,3)23-10-14-24(15-11-23)34-17-5-7-27(32)36-25-12-8-21(9-13-25)18-22(19-30)28(33)31-20-26-6-4-16-35-26/h4,6,8-16,18H,5,7,17,20H2,1-3H3,(H,31,33)/b22-18+. The summed E-state index contributed by atoms with van der Waals surface area (Å²) in [6, 6.07) is 19.9. The maximum Gasteiger partial charge on any atom is 0.311 e. The van der Waals surface area contributed by atoms with Gasteiger partial charge in [-0.25, -0.2) is 0 Å². The molecule has 1 heterocycles. The monoisotopic (exact) mass is 486 g/mol. The predicted molar refractivity (Wildman–Crippen MR) is 136 cm³/mol. The summed E-state index contributed by atoms with van der Waals surface area (Å²) in [5.41, 5.74) is 1.91. The lowest BCUT2D eigenvalue weighted by atomic mass is 9.87. The van der Waals surface area contributed by atoms with Crippen LogP contribution < -0.4 is 14.8 Å². The number of rotatable bonds is 10. The van der Waals surface area contributed by atoms with E-state index in [1.807, 2.05) is 18.2 Å². The van der Waals surface area contributed by atoms with Gasteiger partial charge < -0.3 is 19.2 Å². The highest BCUT2D eigenvalue weighted by Crippen LogP contribution is 2.24. The Morgan fingerprint density at radius 2 is 1.72 bits per heavy atom. The van der Waals surface area contributed by atoms with Gasteiger partial charge in [0.15, 0.2) is 0 Å². The van der Waals surface area contributed by atoms with Gasteiger partial charge in [-0.2, -0.15) is 5.26 Å². The summed E-state index contributed by atoms with van der Waals surface area (Å²) in [5.74, 6) is 0.882. The predicted octanol–water partition coefficient (Wildman–Crippen LogP) is 5.57. The first kappa shape index (κ1) is 26.3. The van der Waals surface area contributed by atoms with Crippen LogP contribution in [-0.2, 0) is 21.5 Å². The van der Waals surface area contributed by atoms with E-state index in [1.54, 1.807) is 36.4 Å². The summed E-state index contributed by atoms with van der Waals surface area (Å²) in [6.07, 6.45) is 3.72. The van der Waals surface area contributed by atoms with Crippen molar-refractivity contribution in [2.45, 2.75) is 45.6 Å². The molecular formula is C29H30N2O5. The number of carbonyl (C=O) groups excluding carboxylic acids is 2. The Balaban J connectivity index is 1.42. The molecule has 0 saturated heterocycles. The number of benzene rings is 2. The van der Waals surface area contributed by atoms with Crippen LogP contribution in [0.25, 0.3) is 6.08 Å². The van der Waals surface area contributed by atoms with Crippen molar-refractivity contribution in [2.75, 3.05) is 6.61 Å². The van der Waals surface area contributed by atoms with Crippen molar-refractivity contribution in [3.63, 3.8) is 0 Å². The topological polar surface area (TPSA) is 102 Å². The molecule has 186 valence electrons. The Bertz CT molecular complexity index is 1210. The van der Waals surface area contributed by atoms with Crippen LogP contribution in [0.4, 0.5) is 0 Å². The van der Waals surface area contributed by atoms with E-state index >= 15 is 0 Å². The van der Waals surface area contributed by atoms with Gasteiger partial charge in [-0.05, 0) is 65.4 Å². The second-order valence-corrected chi connectivity index (χ2v) is 9.20. The molecule has 1 N–H and O–H groups in total. The first-order valence-electron chi connectivity index (χ1n) is 11.7. The van der Waals surface area contributed by atoms with Crippen molar-refractivity contribution < 1.29 is 23.5 Å². The molecule has 7 heteroatoms. The summed E-state index contributed by atoms with van der Waals surface area (Å²) in [4.78, 5) is 24.4. The van der Waals surface area contributed by atoms with Crippen LogP contribution in [0.5, 0.6) is 11.5 Å². The molecule has 1 aromatic heterocycles. The Hall–Kier alpha value is -4.31. The van der Waals surface area contributed by atoms with Crippen molar-refractivity contribution in [3.8, 4) is 17.6 Å². The van der Waals surface area contributed by atoms with E-state index < -0.39 is 5.91 Å². The normalized spacial score (nSPS) is 11.4. The number of hydrogen-bond donors (Lipinski definition) is 1. The minimum Gasteiger partial charge on any atom is -0.494 e. The fraction of sp³-hybridized carbons (Fsp3) is 0.276. The minimum atomic E-state index is -0.503. The number of carbonyl (C=O) groups is 2. The van der Waals surface area contributed by atoms with Gasteiger partial charge in [0, 0.05) is 6.42 Å². The number of hydrogen-bond acceptors (Lipinski definition) is 6. The molecule has 2 aromatic carbocycles. The summed E-state index contributed by atoms with van der Waals surface area (Å²) < 4.78 is 16.2. The van der Waals surface area contributed by atoms with E-state index in [0.29, 0.717) is 30.1 Å². The lowest BCUT2D eigenvalue weighted by Gasteiger charge is -2.19. The number of nitrogens with one attached hydrogen (secondary N) is 1. The fourth-order valence-electron chi connectivity index (χ4n) is 3.26. The lowest BCUT2D eigenvalue weighted by Crippen LogP contribution is -2.23. The van der Waals surface area contributed by atoms with Gasteiger partial charge in [0.25, 0.3) is 5.91 Å². The maximum atomic E-state index is 12.2. The molecule has 3 rings (SSSR count). The van der Waals surface area contributed by atoms with Crippen LogP contribution in [-0.4, -0.2) is 18.5 Å². The van der Waals surface area contributed by atoms with E-state index in [9.17, 15) is 14.9 Å². The smallest absolute Gasteiger partial charge is 0.311 e. The molecule has 0 radical (unpaired) electrons. The van der Waals surface area contributed by atoms with Crippen molar-refractivity contribution >= 4 is 18.0 Å². The van der Waals surface area contributed by atoms with E-state index in [4.69, 9.17) is 13.9 Å². The summed E-state index contributed by atoms with van der Waals surface area (Å²) in [6.45, 7) is 7.07. The first-order valence-corrected chi connectivity index (χ1v) is 11.7. The molecule has 3 aromatic rings. The van der Waals surface area contributed by atoms with Gasteiger partial charge in [-0.3, -0.25) is 9.59 Å². The summed E-state index contributed by atoms with van der Waals surface area (Å²) >= 11 is 0. The van der Waals surface area contributed by atoms with Gasteiger partial charge in [-0.1, -0.05) is 45.0 Å². The van der Waals surface area contributed by atoms with Crippen LogP contribution in [0.3, 0.4) is 0 Å². The highest BCUT2D eigenvalue weighted by atomic mass is 16.5. The number of nitrogens with zero attached hydrogens (tertiary/aromatic N) is 1. The van der Waals surface area contributed by atoms with Gasteiger partial charge in [0.1, 0.15) is 28.9 Å². The molecule has 0 saturated carbocycles. The number of amides is 1. The second-order valence-electron chi connectivity index (χ2n) is 9.20. The quantitative estimate of drug-likeness (QED) is 0.132. The van der Waals surface area contributed by atoms with Crippen molar-refractivity contribution in [3.05, 3.63) is 89.4 Å². The third-order valence-corrected chi connectivity index (χ3v) is 5.31. The van der Waals surface area contributed by atoms with Crippen LogP contribution in [0.1, 0.15) is 50.5 Å². The number of nitriles is 1. The maximum absolute atomic E-state index is 12.2. The first-order chi connectivity index (χ1) is 17.2. The lowest BCUT2D eigenvalue weighted by molar-refractivity contribution is -0.134. The van der Waals surface area contributed by atoms with Crippen LogP contribution in [0, 0.1) is 11.3 Å². The number of ether oxygens (including phenoxy) is 2. The number of esters is 1. The van der Waals surface area contributed by atoms with E-state index in [1.165, 1.54) is 17.9 Å². The van der Waals surface area contributed by atoms with Crippen LogP contribution >= 0.6 is 0 Å². The Morgan fingerprint density at radius 1 is 1.03 bits per heavy atom. The SMILES string of the molecule is CC(C)(C)c1ccc(OCCCC(=O)Oc2ccc(/C=C(\C#N)C(=O)NCc3ccco3)cc2)cc1. The Labute approximate surface area is 211 Å². The average molecular weight is 487 g/mol. The zero-order chi connectivity index (χ0) is 26.0. The molecule has 0 bridgehead atoms. The molecule has 0 aliphatic rings. The Kier molecular flexibility index (Phi) is 9.07. The van der Waals surface area contributed by atoms with Gasteiger partial charge in [0.05, 0.1) is 19.4 Å². The van der Waals surface area contributed by atoms with Crippen molar-refractivity contribution in [1.82, 2.24) is 5.32 Å². The molecule has 7 nitrogen and oxygen atoms in total. The van der Waals surface area contributed by atoms with Gasteiger partial charge >= 0.3 is 5.97 Å². The van der Waals surface area contributed by atoms with Gasteiger partial charge in [0.2, 0.25) is 0 Å². The highest BCUT2D eigenvalue weighted by Gasteiger charge is 2.13. The molecule has 0 aliphatic heterocycles. The third kappa shape index (κ3) is 8.17. The molecule has 0 spiro atoms. The number of furan rings is 1. The van der Waals surface area contributed by atoms with Gasteiger partial charge in [-0.15, -0.1) is 0 Å². The zero-order valence-corrected chi connectivity index (χ0v) is 20.7. The summed E-state index contributed by atoms with van der Waals surface area (Å²) in [7, 11) is 0. The fourth-order valence-corrected chi connectivity index (χ4v) is 3.26. The molecule has 36 heavy (non-hydrogen) atoms. The largest absolute Gasteiger partial charge is 0.494 e. The Morgan fingerprint density at radius 3 is 2.33 bits per heavy atom. The second kappa shape index (κ2) is 12.4. The molecule has 0 fully saturated rings. The molecular weight excluding hydrogens is 456 g/mol. The highest BCUT2D eigenvalue weighted by molar-refractivity contribution is 6.01. The van der Waals surface area contributed by atoms with E-state index in [0.717, 1.165) is 5.75 Å². The molecule has 0 unspecified atom stereocenters. The molecule has 0 atom stereocenters. The van der Waals surface area contributed by atoms with Crippen LogP contribution in [0.15, 0.2) is 76.9 Å². The summed E-state index contributed by atoms with van der Waals surface area (Å²) in [5, 5.41) is 12.0. The van der Waals surface area contributed by atoms with Crippen molar-refractivity contribution in [1.29, 1.82) is 5.26 Å². The van der Waals surface area contributed by atoms with Crippen LogP contribution in [0.2, 0.25) is 0 Å². The third-order valence-electron chi connectivity index (χ3n) is 5.31. The molecule has 1 amide bonds. The van der Waals surface area contributed by atoms with E-state index in [2.05, 4.69) is 38.2 Å². The van der Waals surface area contributed by atoms with Crippen molar-refractivity contribution in [2.24, 2.45) is 0 Å². The minimum absolute atomic E-state index is 0.0423.